The van der Waals surface area contributed by atoms with Gasteiger partial charge in [0, 0.05) is 23.3 Å². The summed E-state index contributed by atoms with van der Waals surface area (Å²) >= 11 is 0. The fourth-order valence-corrected chi connectivity index (χ4v) is 3.75. The third-order valence-corrected chi connectivity index (χ3v) is 5.60. The summed E-state index contributed by atoms with van der Waals surface area (Å²) in [5, 5.41) is 15.9. The standard InChI is InChI=1S/C28H25N3O5/c1-19(2)16-17-36-28(33)25-24(27(32)21-12-7-4-8-13-21)26(20-10-5-3-6-11-20)30(29-25)22-14-9-15-23(18-22)31(34)35/h3-15,18-19H,16-17H2,1-2H3. The zero-order valence-electron chi connectivity index (χ0n) is 20.0. The van der Waals surface area contributed by atoms with Crippen LogP contribution < -0.4 is 0 Å². The first-order chi connectivity index (χ1) is 17.4. The Kier molecular flexibility index (Phi) is 7.34. The molecule has 0 aliphatic heterocycles. The number of carbonyl (C=O) groups excluding carboxylic acids is 2. The van der Waals surface area contributed by atoms with Crippen LogP contribution in [-0.4, -0.2) is 33.1 Å². The van der Waals surface area contributed by atoms with Gasteiger partial charge in [0.05, 0.1) is 28.5 Å². The largest absolute Gasteiger partial charge is 0.461 e. The summed E-state index contributed by atoms with van der Waals surface area (Å²) in [7, 11) is 0. The monoisotopic (exact) mass is 483 g/mol. The van der Waals surface area contributed by atoms with Crippen molar-refractivity contribution in [2.75, 3.05) is 6.61 Å². The van der Waals surface area contributed by atoms with Crippen LogP contribution in [0.25, 0.3) is 16.9 Å². The van der Waals surface area contributed by atoms with Crippen molar-refractivity contribution in [3.05, 3.63) is 112 Å². The summed E-state index contributed by atoms with van der Waals surface area (Å²) in [5.41, 5.74) is 1.49. The van der Waals surface area contributed by atoms with Gasteiger partial charge in [-0.3, -0.25) is 14.9 Å². The number of nitro groups is 1. The van der Waals surface area contributed by atoms with Gasteiger partial charge in [0.2, 0.25) is 0 Å². The third kappa shape index (κ3) is 5.22. The molecule has 0 unspecified atom stereocenters. The molecule has 3 aromatic carbocycles. The maximum atomic E-state index is 13.8. The SMILES string of the molecule is CC(C)CCOC(=O)c1nn(-c2cccc([N+](=O)[O-])c2)c(-c2ccccc2)c1C(=O)c1ccccc1. The molecule has 4 rings (SSSR count). The Balaban J connectivity index is 1.96. The van der Waals surface area contributed by atoms with Crippen molar-refractivity contribution in [2.45, 2.75) is 20.3 Å². The van der Waals surface area contributed by atoms with E-state index in [1.54, 1.807) is 60.7 Å². The van der Waals surface area contributed by atoms with E-state index < -0.39 is 16.7 Å². The van der Waals surface area contributed by atoms with E-state index >= 15 is 0 Å². The Morgan fingerprint density at radius 2 is 1.64 bits per heavy atom. The number of hydrogen-bond donors (Lipinski definition) is 0. The van der Waals surface area contributed by atoms with Gasteiger partial charge in [-0.1, -0.05) is 80.6 Å². The Hall–Kier alpha value is -4.59. The Bertz CT molecular complexity index is 1400. The first-order valence-corrected chi connectivity index (χ1v) is 11.6. The topological polar surface area (TPSA) is 104 Å². The highest BCUT2D eigenvalue weighted by Gasteiger charge is 2.31. The molecule has 0 saturated carbocycles. The molecule has 0 spiro atoms. The van der Waals surface area contributed by atoms with Gasteiger partial charge in [0.25, 0.3) is 5.69 Å². The molecule has 0 aliphatic carbocycles. The van der Waals surface area contributed by atoms with Crippen molar-refractivity contribution in [1.29, 1.82) is 0 Å². The second-order valence-electron chi connectivity index (χ2n) is 8.64. The number of esters is 1. The first kappa shape index (κ1) is 24.5. The van der Waals surface area contributed by atoms with Gasteiger partial charge in [0.1, 0.15) is 0 Å². The number of rotatable bonds is 9. The molecular weight excluding hydrogens is 458 g/mol. The van der Waals surface area contributed by atoms with Crippen LogP contribution in [-0.2, 0) is 4.74 Å². The molecule has 0 atom stereocenters. The van der Waals surface area contributed by atoms with E-state index in [0.29, 0.717) is 34.8 Å². The summed E-state index contributed by atoms with van der Waals surface area (Å²) < 4.78 is 6.89. The fraction of sp³-hybridized carbons (Fsp3) is 0.179. The molecule has 0 aliphatic rings. The van der Waals surface area contributed by atoms with E-state index in [-0.39, 0.29) is 23.6 Å². The zero-order chi connectivity index (χ0) is 25.7. The molecule has 0 bridgehead atoms. The first-order valence-electron chi connectivity index (χ1n) is 11.6. The minimum Gasteiger partial charge on any atom is -0.461 e. The highest BCUT2D eigenvalue weighted by atomic mass is 16.6. The minimum atomic E-state index is -0.726. The number of non-ortho nitro benzene ring substituents is 1. The molecule has 1 aromatic heterocycles. The van der Waals surface area contributed by atoms with Crippen LogP contribution in [0, 0.1) is 16.0 Å². The molecule has 1 heterocycles. The molecule has 0 amide bonds. The van der Waals surface area contributed by atoms with Crippen molar-refractivity contribution in [3.63, 3.8) is 0 Å². The maximum absolute atomic E-state index is 13.8. The van der Waals surface area contributed by atoms with Crippen molar-refractivity contribution in [3.8, 4) is 16.9 Å². The van der Waals surface area contributed by atoms with E-state index in [0.717, 1.165) is 0 Å². The molecule has 0 N–H and O–H groups in total. The average molecular weight is 484 g/mol. The van der Waals surface area contributed by atoms with Crippen LogP contribution in [0.5, 0.6) is 0 Å². The van der Waals surface area contributed by atoms with Crippen molar-refractivity contribution in [2.24, 2.45) is 5.92 Å². The highest BCUT2D eigenvalue weighted by Crippen LogP contribution is 2.32. The van der Waals surface area contributed by atoms with Crippen LogP contribution in [0.15, 0.2) is 84.9 Å². The Labute approximate surface area is 208 Å². The summed E-state index contributed by atoms with van der Waals surface area (Å²) in [6.45, 7) is 4.21. The molecule has 36 heavy (non-hydrogen) atoms. The van der Waals surface area contributed by atoms with Gasteiger partial charge in [-0.2, -0.15) is 5.10 Å². The molecule has 0 radical (unpaired) electrons. The second kappa shape index (κ2) is 10.8. The Morgan fingerprint density at radius 3 is 2.28 bits per heavy atom. The van der Waals surface area contributed by atoms with Crippen LogP contribution in [0.3, 0.4) is 0 Å². The van der Waals surface area contributed by atoms with Gasteiger partial charge in [-0.05, 0) is 18.4 Å². The molecule has 8 heteroatoms. The Morgan fingerprint density at radius 1 is 0.972 bits per heavy atom. The number of benzene rings is 3. The number of nitro benzene ring substituents is 1. The van der Waals surface area contributed by atoms with E-state index in [9.17, 15) is 19.7 Å². The lowest BCUT2D eigenvalue weighted by Crippen LogP contribution is -2.14. The van der Waals surface area contributed by atoms with E-state index in [4.69, 9.17) is 4.74 Å². The zero-order valence-corrected chi connectivity index (χ0v) is 20.0. The highest BCUT2D eigenvalue weighted by molar-refractivity contribution is 6.17. The normalized spacial score (nSPS) is 10.9. The number of carbonyl (C=O) groups is 2. The summed E-state index contributed by atoms with van der Waals surface area (Å²) in [6.07, 6.45) is 0.658. The predicted molar refractivity (Wildman–Crippen MR) is 135 cm³/mol. The lowest BCUT2D eigenvalue weighted by atomic mass is 9.97. The van der Waals surface area contributed by atoms with E-state index in [1.165, 1.54) is 22.9 Å². The molecule has 182 valence electrons. The van der Waals surface area contributed by atoms with Crippen LogP contribution >= 0.6 is 0 Å². The minimum absolute atomic E-state index is 0.0773. The predicted octanol–water partition coefficient (Wildman–Crippen LogP) is 5.88. The summed E-state index contributed by atoms with van der Waals surface area (Å²) in [4.78, 5) is 38.0. The van der Waals surface area contributed by atoms with Crippen molar-refractivity contribution < 1.29 is 19.2 Å². The van der Waals surface area contributed by atoms with Crippen LogP contribution in [0.2, 0.25) is 0 Å². The van der Waals surface area contributed by atoms with Gasteiger partial charge < -0.3 is 4.74 Å². The molecule has 8 nitrogen and oxygen atoms in total. The second-order valence-corrected chi connectivity index (χ2v) is 8.64. The number of aromatic nitrogens is 2. The number of ketones is 1. The number of ether oxygens (including phenoxy) is 1. The van der Waals surface area contributed by atoms with Gasteiger partial charge in [-0.15, -0.1) is 0 Å². The molecule has 4 aromatic rings. The summed E-state index contributed by atoms with van der Waals surface area (Å²) in [5.74, 6) is -0.802. The summed E-state index contributed by atoms with van der Waals surface area (Å²) in [6, 6.07) is 23.5. The lowest BCUT2D eigenvalue weighted by Gasteiger charge is -2.10. The van der Waals surface area contributed by atoms with Gasteiger partial charge in [-0.25, -0.2) is 9.48 Å². The quantitative estimate of drug-likeness (QED) is 0.127. The van der Waals surface area contributed by atoms with Crippen molar-refractivity contribution in [1.82, 2.24) is 9.78 Å². The van der Waals surface area contributed by atoms with Crippen molar-refractivity contribution >= 4 is 17.4 Å². The lowest BCUT2D eigenvalue weighted by molar-refractivity contribution is -0.384. The fourth-order valence-electron chi connectivity index (χ4n) is 3.75. The third-order valence-electron chi connectivity index (χ3n) is 5.60. The smallest absolute Gasteiger partial charge is 0.359 e. The van der Waals surface area contributed by atoms with E-state index in [2.05, 4.69) is 5.10 Å². The molecule has 0 saturated heterocycles. The van der Waals surface area contributed by atoms with Gasteiger partial charge >= 0.3 is 5.97 Å². The van der Waals surface area contributed by atoms with Gasteiger partial charge in [0.15, 0.2) is 11.5 Å². The van der Waals surface area contributed by atoms with Crippen LogP contribution in [0.1, 0.15) is 46.7 Å². The van der Waals surface area contributed by atoms with E-state index in [1.807, 2.05) is 19.9 Å². The number of nitrogens with zero attached hydrogens (tertiary/aromatic N) is 3. The average Bonchev–Trinajstić information content (AvgIpc) is 3.30. The molecule has 0 fully saturated rings. The maximum Gasteiger partial charge on any atom is 0.359 e. The molecular formula is C28H25N3O5. The number of hydrogen-bond acceptors (Lipinski definition) is 6. The van der Waals surface area contributed by atoms with Crippen LogP contribution in [0.4, 0.5) is 5.69 Å².